The van der Waals surface area contributed by atoms with Crippen molar-refractivity contribution in [3.63, 3.8) is 0 Å². The van der Waals surface area contributed by atoms with E-state index in [0.29, 0.717) is 23.0 Å². The Labute approximate surface area is 245 Å². The molecule has 2 aromatic carbocycles. The zero-order valence-electron chi connectivity index (χ0n) is 22.0. The molecule has 0 spiro atoms. The van der Waals surface area contributed by atoms with Gasteiger partial charge in [-0.1, -0.05) is 6.07 Å². The van der Waals surface area contributed by atoms with Gasteiger partial charge in [0.25, 0.3) is 0 Å². The van der Waals surface area contributed by atoms with E-state index in [2.05, 4.69) is 35.9 Å². The summed E-state index contributed by atoms with van der Waals surface area (Å²) >= 11 is 5.31. The van der Waals surface area contributed by atoms with Crippen LogP contribution < -0.4 is 16.0 Å². The average Bonchev–Trinajstić information content (AvgIpc) is 3.50. The van der Waals surface area contributed by atoms with Gasteiger partial charge >= 0.3 is 5.69 Å². The van der Waals surface area contributed by atoms with Gasteiger partial charge in [-0.3, -0.25) is 19.9 Å². The summed E-state index contributed by atoms with van der Waals surface area (Å²) in [5.41, 5.74) is 1.80. The summed E-state index contributed by atoms with van der Waals surface area (Å²) in [6, 6.07) is 12.7. The molecule has 42 heavy (non-hydrogen) atoms. The van der Waals surface area contributed by atoms with E-state index < -0.39 is 14.9 Å². The first-order valence-electron chi connectivity index (χ1n) is 12.7. The predicted molar refractivity (Wildman–Crippen MR) is 156 cm³/mol. The van der Waals surface area contributed by atoms with E-state index in [1.807, 2.05) is 12.1 Å². The molecule has 0 unspecified atom stereocenters. The lowest BCUT2D eigenvalue weighted by molar-refractivity contribution is -0.383. The number of nitrogens with zero attached hydrogens (tertiary/aromatic N) is 6. The number of carbonyl (C=O) groups excluding carboxylic acids is 1. The Morgan fingerprint density at radius 2 is 1.79 bits per heavy atom. The number of piperazine rings is 1. The van der Waals surface area contributed by atoms with E-state index in [1.54, 1.807) is 29.4 Å². The quantitative estimate of drug-likeness (QED) is 0.142. The van der Waals surface area contributed by atoms with Crippen LogP contribution in [-0.2, 0) is 21.4 Å². The van der Waals surface area contributed by atoms with Crippen LogP contribution in [0.4, 0.5) is 17.1 Å². The van der Waals surface area contributed by atoms with Crippen LogP contribution in [0.25, 0.3) is 11.0 Å². The number of pyridine rings is 1. The van der Waals surface area contributed by atoms with E-state index >= 15 is 0 Å². The second-order valence-electron chi connectivity index (χ2n) is 9.18. The second kappa shape index (κ2) is 12.4. The summed E-state index contributed by atoms with van der Waals surface area (Å²) in [5, 5.41) is 27.8. The van der Waals surface area contributed by atoms with Crippen LogP contribution in [0.15, 0.2) is 70.4 Å². The highest BCUT2D eigenvalue weighted by Gasteiger charge is 2.30. The number of hydrogen-bond donors (Lipinski definition) is 3. The van der Waals surface area contributed by atoms with Crippen molar-refractivity contribution in [1.29, 1.82) is 0 Å². The topological polar surface area (TPSA) is 189 Å². The average molecular weight is 612 g/mol. The van der Waals surface area contributed by atoms with Gasteiger partial charge in [0.2, 0.25) is 21.4 Å². The number of aromatic nitrogens is 3. The molecule has 1 fully saturated rings. The van der Waals surface area contributed by atoms with Crippen molar-refractivity contribution in [3.05, 3.63) is 76.6 Å². The summed E-state index contributed by atoms with van der Waals surface area (Å²) in [4.78, 5) is 29.1. The Bertz CT molecular complexity index is 1710. The molecule has 1 saturated heterocycles. The molecule has 4 aromatic rings. The van der Waals surface area contributed by atoms with Gasteiger partial charge in [-0.15, -0.1) is 0 Å². The number of thiocarbonyl (C=S) groups is 1. The minimum Gasteiger partial charge on any atom is -0.374 e. The largest absolute Gasteiger partial charge is 0.374 e. The first kappa shape index (κ1) is 28.8. The highest BCUT2D eigenvalue weighted by molar-refractivity contribution is 7.89. The van der Waals surface area contributed by atoms with Crippen molar-refractivity contribution in [3.8, 4) is 0 Å². The molecule has 0 bridgehead atoms. The number of benzene rings is 2. The standard InChI is InChI=1S/C25H25N9O6S2/c35-22(16-27-20-7-8-21(34(36)37)24-23(20)30-40-31-24)32-10-12-33(13-11-32)42(38,39)19-5-3-18(4-6-19)29-25(41)28-15-17-2-1-9-26-14-17/h1-9,14,27H,10-13,15-16H2,(H2,28,29,41). The third-order valence-electron chi connectivity index (χ3n) is 6.54. The highest BCUT2D eigenvalue weighted by Crippen LogP contribution is 2.28. The number of fused-ring (bicyclic) bond motifs is 1. The Hall–Kier alpha value is -4.74. The third-order valence-corrected chi connectivity index (χ3v) is 8.70. The van der Waals surface area contributed by atoms with Crippen LogP contribution >= 0.6 is 12.2 Å². The Morgan fingerprint density at radius 3 is 2.48 bits per heavy atom. The fourth-order valence-corrected chi connectivity index (χ4v) is 5.94. The summed E-state index contributed by atoms with van der Waals surface area (Å²) in [6.45, 7) is 1.04. The van der Waals surface area contributed by atoms with Crippen LogP contribution in [0.2, 0.25) is 0 Å². The van der Waals surface area contributed by atoms with Gasteiger partial charge in [0.05, 0.1) is 22.1 Å². The zero-order chi connectivity index (χ0) is 29.7. The van der Waals surface area contributed by atoms with Gasteiger partial charge in [0.15, 0.2) is 10.6 Å². The maximum atomic E-state index is 13.2. The van der Waals surface area contributed by atoms with Crippen molar-refractivity contribution < 1.29 is 22.8 Å². The van der Waals surface area contributed by atoms with E-state index in [0.717, 1.165) is 5.56 Å². The van der Waals surface area contributed by atoms with Crippen LogP contribution in [0.1, 0.15) is 5.56 Å². The second-order valence-corrected chi connectivity index (χ2v) is 11.5. The van der Waals surface area contributed by atoms with Crippen LogP contribution in [0.5, 0.6) is 0 Å². The normalized spacial score (nSPS) is 14.0. The molecular formula is C25H25N9O6S2. The minimum absolute atomic E-state index is 0.0275. The molecule has 3 N–H and O–H groups in total. The molecule has 1 aliphatic rings. The molecular weight excluding hydrogens is 586 g/mol. The zero-order valence-corrected chi connectivity index (χ0v) is 23.6. The molecule has 1 aliphatic heterocycles. The number of carbonyl (C=O) groups is 1. The Kier molecular flexibility index (Phi) is 8.51. The molecule has 2 aromatic heterocycles. The summed E-state index contributed by atoms with van der Waals surface area (Å²) in [5.74, 6) is -0.265. The molecule has 0 atom stereocenters. The number of nitro groups is 1. The number of non-ortho nitro benzene ring substituents is 1. The Morgan fingerprint density at radius 1 is 1.05 bits per heavy atom. The lowest BCUT2D eigenvalue weighted by Gasteiger charge is -2.34. The molecule has 0 aliphatic carbocycles. The summed E-state index contributed by atoms with van der Waals surface area (Å²) < 4.78 is 32.4. The summed E-state index contributed by atoms with van der Waals surface area (Å²) in [7, 11) is -3.77. The van der Waals surface area contributed by atoms with Crippen molar-refractivity contribution in [2.75, 3.05) is 43.4 Å². The van der Waals surface area contributed by atoms with Gasteiger partial charge in [-0.25, -0.2) is 13.0 Å². The SMILES string of the molecule is O=C(CNc1ccc([N+](=O)[O-])c2nonc12)N1CCN(S(=O)(=O)c2ccc(NC(=S)NCc3cccnc3)cc2)CC1. The van der Waals surface area contributed by atoms with Gasteiger partial charge < -0.3 is 20.9 Å². The van der Waals surface area contributed by atoms with Crippen molar-refractivity contribution in [2.45, 2.75) is 11.4 Å². The van der Waals surface area contributed by atoms with Gasteiger partial charge in [0, 0.05) is 56.9 Å². The van der Waals surface area contributed by atoms with E-state index in [9.17, 15) is 23.3 Å². The summed E-state index contributed by atoms with van der Waals surface area (Å²) in [6.07, 6.45) is 3.42. The first-order chi connectivity index (χ1) is 20.2. The van der Waals surface area contributed by atoms with Crippen molar-refractivity contribution >= 4 is 61.4 Å². The number of nitrogens with one attached hydrogen (secondary N) is 3. The van der Waals surface area contributed by atoms with Crippen molar-refractivity contribution in [2.24, 2.45) is 0 Å². The fraction of sp³-hybridized carbons (Fsp3) is 0.240. The molecule has 15 nitrogen and oxygen atoms in total. The van der Waals surface area contributed by atoms with E-state index in [4.69, 9.17) is 12.2 Å². The number of amides is 1. The van der Waals surface area contributed by atoms with Crippen LogP contribution in [0.3, 0.4) is 0 Å². The Balaban J connectivity index is 1.11. The number of hydrogen-bond acceptors (Lipinski definition) is 11. The van der Waals surface area contributed by atoms with Crippen LogP contribution in [-0.4, -0.2) is 81.6 Å². The molecule has 0 saturated carbocycles. The number of rotatable bonds is 9. The van der Waals surface area contributed by atoms with Gasteiger partial charge in [-0.05, 0) is 64.5 Å². The number of sulfonamides is 1. The maximum Gasteiger partial charge on any atom is 0.300 e. The number of nitro benzene ring substituents is 1. The molecule has 1 amide bonds. The third kappa shape index (κ3) is 6.42. The van der Waals surface area contributed by atoms with Gasteiger partial charge in [0.1, 0.15) is 0 Å². The van der Waals surface area contributed by atoms with Crippen LogP contribution in [0, 0.1) is 10.1 Å². The van der Waals surface area contributed by atoms with Gasteiger partial charge in [-0.2, -0.15) is 4.31 Å². The number of anilines is 2. The monoisotopic (exact) mass is 611 g/mol. The lowest BCUT2D eigenvalue weighted by atomic mass is 10.2. The van der Waals surface area contributed by atoms with E-state index in [1.165, 1.54) is 28.6 Å². The molecule has 5 rings (SSSR count). The van der Waals surface area contributed by atoms with E-state index in [-0.39, 0.29) is 60.2 Å². The smallest absolute Gasteiger partial charge is 0.300 e. The minimum atomic E-state index is -3.77. The predicted octanol–water partition coefficient (Wildman–Crippen LogP) is 1.96. The molecule has 17 heteroatoms. The maximum absolute atomic E-state index is 13.2. The highest BCUT2D eigenvalue weighted by atomic mass is 32.2. The van der Waals surface area contributed by atoms with Crippen molar-refractivity contribution in [1.82, 2.24) is 29.8 Å². The first-order valence-corrected chi connectivity index (χ1v) is 14.5. The molecule has 3 heterocycles. The lowest BCUT2D eigenvalue weighted by Crippen LogP contribution is -2.51. The molecule has 0 radical (unpaired) electrons. The molecule has 218 valence electrons. The fourth-order valence-electron chi connectivity index (χ4n) is 4.32.